The molecule has 0 saturated heterocycles. The number of carbonyl (C=O) groups is 2. The van der Waals surface area contributed by atoms with Gasteiger partial charge in [0, 0.05) is 12.8 Å². The quantitative estimate of drug-likeness (QED) is 0.0484. The van der Waals surface area contributed by atoms with E-state index in [1.807, 2.05) is 0 Å². The summed E-state index contributed by atoms with van der Waals surface area (Å²) in [5.74, 6) is -1.60. The van der Waals surface area contributed by atoms with Crippen LogP contribution < -0.4 is 0 Å². The zero-order valence-electron chi connectivity index (χ0n) is 23.3. The van der Waals surface area contributed by atoms with Crippen LogP contribution in [0.2, 0.25) is 0 Å². The average molecular weight is 535 g/mol. The third kappa shape index (κ3) is 23.5. The molecule has 0 aliphatic heterocycles. The van der Waals surface area contributed by atoms with Crippen molar-refractivity contribution in [1.82, 2.24) is 0 Å². The van der Waals surface area contributed by atoms with Gasteiger partial charge in [0.15, 0.2) is 0 Å². The van der Waals surface area contributed by atoms with Crippen LogP contribution in [-0.2, 0) is 27.9 Å². The standard InChI is InChI=1S/C28H55O7P/c1-3-5-7-9-11-13-15-17-19-21-23-25-27(29)33-36(32,35-31)34-28(30)26-24-22-20-18-16-14-12-10-8-6-4-2/h31H,3-26H2,1-2H3. The van der Waals surface area contributed by atoms with Crippen molar-refractivity contribution in [3.63, 3.8) is 0 Å². The normalized spacial score (nSPS) is 11.5. The zero-order valence-corrected chi connectivity index (χ0v) is 24.2. The molecule has 214 valence electrons. The van der Waals surface area contributed by atoms with Crippen LogP contribution in [0.15, 0.2) is 0 Å². The molecule has 0 bridgehead atoms. The number of carbonyl (C=O) groups excluding carboxylic acids is 2. The minimum Gasteiger partial charge on any atom is -0.360 e. The SMILES string of the molecule is CCCCCCCCCCCCCC(=O)OP(=O)(OO)OC(=O)CCCCCCCCCCCCC. The van der Waals surface area contributed by atoms with Crippen LogP contribution in [0.1, 0.15) is 168 Å². The molecule has 0 aliphatic rings. The number of hydrogen-bond acceptors (Lipinski definition) is 7. The molecule has 1 N–H and O–H groups in total. The Morgan fingerprint density at radius 1 is 0.500 bits per heavy atom. The summed E-state index contributed by atoms with van der Waals surface area (Å²) in [7, 11) is -4.62. The Bertz CT molecular complexity index is 524. The number of hydrogen-bond donors (Lipinski definition) is 1. The van der Waals surface area contributed by atoms with Crippen molar-refractivity contribution in [2.24, 2.45) is 0 Å². The van der Waals surface area contributed by atoms with Crippen molar-refractivity contribution in [3.8, 4) is 0 Å². The molecule has 0 aromatic heterocycles. The monoisotopic (exact) mass is 534 g/mol. The van der Waals surface area contributed by atoms with Gasteiger partial charge in [-0.2, -0.15) is 0 Å². The summed E-state index contributed by atoms with van der Waals surface area (Å²) in [5.41, 5.74) is 0. The van der Waals surface area contributed by atoms with Gasteiger partial charge in [0.1, 0.15) is 0 Å². The molecule has 0 unspecified atom stereocenters. The van der Waals surface area contributed by atoms with Crippen molar-refractivity contribution in [3.05, 3.63) is 0 Å². The number of unbranched alkanes of at least 4 members (excludes halogenated alkanes) is 20. The number of rotatable bonds is 27. The summed E-state index contributed by atoms with van der Waals surface area (Å²) in [4.78, 5) is 23.9. The van der Waals surface area contributed by atoms with Crippen molar-refractivity contribution in [1.29, 1.82) is 0 Å². The van der Waals surface area contributed by atoms with Gasteiger partial charge in [0.05, 0.1) is 0 Å². The molecule has 8 heteroatoms. The van der Waals surface area contributed by atoms with E-state index in [0.29, 0.717) is 12.8 Å². The summed E-state index contributed by atoms with van der Waals surface area (Å²) < 4.78 is 25.3. The highest BCUT2D eigenvalue weighted by Gasteiger charge is 2.35. The topological polar surface area (TPSA) is 99.1 Å². The molecular weight excluding hydrogens is 479 g/mol. The molecule has 0 radical (unpaired) electrons. The highest BCUT2D eigenvalue weighted by molar-refractivity contribution is 7.49. The first-order valence-corrected chi connectivity index (χ1v) is 16.3. The highest BCUT2D eigenvalue weighted by atomic mass is 31.2. The largest absolute Gasteiger partial charge is 0.620 e. The Balaban J connectivity index is 3.76. The second kappa shape index (κ2) is 25.7. The van der Waals surface area contributed by atoms with E-state index >= 15 is 0 Å². The molecule has 0 atom stereocenters. The van der Waals surface area contributed by atoms with Gasteiger partial charge in [-0.1, -0.05) is 142 Å². The molecular formula is C28H55O7P. The van der Waals surface area contributed by atoms with Gasteiger partial charge >= 0.3 is 19.8 Å². The second-order valence-electron chi connectivity index (χ2n) is 10.0. The first kappa shape index (κ1) is 35.1. The second-order valence-corrected chi connectivity index (χ2v) is 11.4. The van der Waals surface area contributed by atoms with E-state index < -0.39 is 19.8 Å². The Hall–Kier alpha value is -0.910. The van der Waals surface area contributed by atoms with Gasteiger partial charge < -0.3 is 9.05 Å². The molecule has 7 nitrogen and oxygen atoms in total. The molecule has 0 saturated carbocycles. The van der Waals surface area contributed by atoms with Crippen LogP contribution in [0.4, 0.5) is 0 Å². The molecule has 36 heavy (non-hydrogen) atoms. The maximum atomic E-state index is 12.2. The summed E-state index contributed by atoms with van der Waals surface area (Å²) in [6.45, 7) is 4.44. The number of phosphoric ester groups is 1. The van der Waals surface area contributed by atoms with Crippen molar-refractivity contribution in [2.45, 2.75) is 168 Å². The summed E-state index contributed by atoms with van der Waals surface area (Å²) in [6, 6.07) is 0. The lowest BCUT2D eigenvalue weighted by atomic mass is 10.1. The molecule has 0 spiro atoms. The van der Waals surface area contributed by atoms with Gasteiger partial charge in [-0.15, -0.1) is 4.67 Å². The van der Waals surface area contributed by atoms with Crippen molar-refractivity contribution < 1.29 is 33.1 Å². The van der Waals surface area contributed by atoms with E-state index in [2.05, 4.69) is 27.6 Å². The maximum Gasteiger partial charge on any atom is 0.620 e. The Morgan fingerprint density at radius 3 is 1.00 bits per heavy atom. The fourth-order valence-electron chi connectivity index (χ4n) is 4.26. The molecule has 0 heterocycles. The molecule has 0 fully saturated rings. The van der Waals surface area contributed by atoms with Gasteiger partial charge in [-0.05, 0) is 12.8 Å². The molecule has 0 amide bonds. The van der Waals surface area contributed by atoms with Crippen LogP contribution in [0, 0.1) is 0 Å². The molecule has 0 aliphatic carbocycles. The van der Waals surface area contributed by atoms with Gasteiger partial charge in [-0.3, -0.25) is 9.59 Å². The maximum absolute atomic E-state index is 12.2. The van der Waals surface area contributed by atoms with Gasteiger partial charge in [-0.25, -0.2) is 9.82 Å². The predicted molar refractivity (Wildman–Crippen MR) is 146 cm³/mol. The van der Waals surface area contributed by atoms with Crippen LogP contribution >= 0.6 is 7.82 Å². The Kier molecular flexibility index (Phi) is 25.1. The molecule has 0 aromatic rings. The predicted octanol–water partition coefficient (Wildman–Crippen LogP) is 10.1. The van der Waals surface area contributed by atoms with Crippen LogP contribution in [0.3, 0.4) is 0 Å². The summed E-state index contributed by atoms with van der Waals surface area (Å²) >= 11 is 0. The summed E-state index contributed by atoms with van der Waals surface area (Å²) in [5, 5.41) is 8.89. The van der Waals surface area contributed by atoms with Crippen molar-refractivity contribution in [2.75, 3.05) is 0 Å². The van der Waals surface area contributed by atoms with Crippen LogP contribution in [-0.4, -0.2) is 17.2 Å². The van der Waals surface area contributed by atoms with E-state index in [4.69, 9.17) is 5.26 Å². The minimum absolute atomic E-state index is 0.0422. The zero-order chi connectivity index (χ0) is 26.7. The van der Waals surface area contributed by atoms with E-state index in [-0.39, 0.29) is 12.8 Å². The fourth-order valence-corrected chi connectivity index (χ4v) is 5.05. The highest BCUT2D eigenvalue weighted by Crippen LogP contribution is 2.49. The molecule has 0 aromatic carbocycles. The van der Waals surface area contributed by atoms with Gasteiger partial charge in [0.25, 0.3) is 0 Å². The third-order valence-electron chi connectivity index (χ3n) is 6.50. The first-order chi connectivity index (χ1) is 17.5. The van der Waals surface area contributed by atoms with Gasteiger partial charge in [0.2, 0.25) is 0 Å². The minimum atomic E-state index is -4.62. The van der Waals surface area contributed by atoms with E-state index in [1.54, 1.807) is 0 Å². The van der Waals surface area contributed by atoms with E-state index in [0.717, 1.165) is 38.5 Å². The lowest BCUT2D eigenvalue weighted by molar-refractivity contribution is -0.176. The van der Waals surface area contributed by atoms with Crippen LogP contribution in [0.25, 0.3) is 0 Å². The lowest BCUT2D eigenvalue weighted by Gasteiger charge is -2.13. The van der Waals surface area contributed by atoms with E-state index in [1.165, 1.54) is 89.9 Å². The first-order valence-electron chi connectivity index (χ1n) is 14.9. The van der Waals surface area contributed by atoms with Crippen molar-refractivity contribution >= 4 is 19.8 Å². The van der Waals surface area contributed by atoms with E-state index in [9.17, 15) is 14.2 Å². The average Bonchev–Trinajstić information content (AvgIpc) is 2.85. The third-order valence-corrected chi connectivity index (χ3v) is 7.55. The number of phosphoric acid groups is 1. The smallest absolute Gasteiger partial charge is 0.360 e. The fraction of sp³-hybridized carbons (Fsp3) is 0.929. The Labute approximate surface area is 221 Å². The molecule has 0 rings (SSSR count). The lowest BCUT2D eigenvalue weighted by Crippen LogP contribution is -2.10. The Morgan fingerprint density at radius 2 is 0.750 bits per heavy atom. The van der Waals surface area contributed by atoms with Crippen LogP contribution in [0.5, 0.6) is 0 Å². The summed E-state index contributed by atoms with van der Waals surface area (Å²) in [6.07, 6.45) is 25.3.